The van der Waals surface area contributed by atoms with Gasteiger partial charge in [0.2, 0.25) is 0 Å². The van der Waals surface area contributed by atoms with Crippen LogP contribution in [0.2, 0.25) is 0 Å². The van der Waals surface area contributed by atoms with E-state index in [-0.39, 0.29) is 5.82 Å². The van der Waals surface area contributed by atoms with Crippen molar-refractivity contribution in [3.63, 3.8) is 0 Å². The van der Waals surface area contributed by atoms with Crippen LogP contribution in [0, 0.1) is 12.7 Å². The number of ether oxygens (including phenoxy) is 1. The van der Waals surface area contributed by atoms with E-state index in [0.29, 0.717) is 39.5 Å². The molecule has 2 aromatic heterocycles. The van der Waals surface area contributed by atoms with Crippen molar-refractivity contribution < 1.29 is 13.9 Å². The van der Waals surface area contributed by atoms with E-state index in [2.05, 4.69) is 26.0 Å². The van der Waals surface area contributed by atoms with Crippen LogP contribution in [0.25, 0.3) is 22.3 Å². The summed E-state index contributed by atoms with van der Waals surface area (Å²) in [7, 11) is 1.83. The molecule has 0 spiro atoms. The molecule has 0 saturated carbocycles. The van der Waals surface area contributed by atoms with Gasteiger partial charge in [-0.1, -0.05) is 0 Å². The molecule has 0 saturated heterocycles. The topological polar surface area (TPSA) is 61.9 Å². The van der Waals surface area contributed by atoms with Crippen molar-refractivity contribution in [1.82, 2.24) is 19.3 Å². The zero-order valence-corrected chi connectivity index (χ0v) is 17.7. The Morgan fingerprint density at radius 3 is 2.76 bits per heavy atom. The third-order valence-corrected chi connectivity index (χ3v) is 5.27. The Hall–Kier alpha value is -3.00. The summed E-state index contributed by atoms with van der Waals surface area (Å²) in [4.78, 5) is 17.4. The second-order valence-corrected chi connectivity index (χ2v) is 7.51. The number of nitrogens with zero attached hydrogens (tertiary/aromatic N) is 4. The van der Waals surface area contributed by atoms with E-state index < -0.39 is 5.97 Å². The lowest BCUT2D eigenvalue weighted by Gasteiger charge is -2.10. The normalized spacial score (nSPS) is 11.2. The van der Waals surface area contributed by atoms with Crippen LogP contribution in [0.5, 0.6) is 5.75 Å². The predicted octanol–water partition coefficient (Wildman–Crippen LogP) is 4.89. The Morgan fingerprint density at radius 2 is 2.03 bits per heavy atom. The van der Waals surface area contributed by atoms with Crippen LogP contribution >= 0.6 is 15.9 Å². The van der Waals surface area contributed by atoms with Crippen molar-refractivity contribution >= 4 is 32.8 Å². The quantitative estimate of drug-likeness (QED) is 0.324. The number of carbonyl (C=O) groups excluding carboxylic acids is 1. The van der Waals surface area contributed by atoms with Crippen molar-refractivity contribution in [3.8, 4) is 17.1 Å². The number of carbonyl (C=O) groups is 1. The SMILES string of the molecule is CCn1c(-c2ccc(Br)c(F)c2)nc(C)c1C(=O)Oc1ccc2nn(C)cc2c1. The monoisotopic (exact) mass is 456 g/mol. The lowest BCUT2D eigenvalue weighted by molar-refractivity contribution is 0.0723. The molecule has 148 valence electrons. The first-order valence-corrected chi connectivity index (χ1v) is 9.84. The maximum atomic E-state index is 14.0. The van der Waals surface area contributed by atoms with Crippen molar-refractivity contribution in [2.45, 2.75) is 20.4 Å². The summed E-state index contributed by atoms with van der Waals surface area (Å²) in [5.41, 5.74) is 2.28. The minimum atomic E-state index is -0.510. The van der Waals surface area contributed by atoms with Gasteiger partial charge in [0.05, 0.1) is 15.7 Å². The molecule has 0 atom stereocenters. The van der Waals surface area contributed by atoms with Crippen molar-refractivity contribution in [3.05, 3.63) is 64.3 Å². The molecule has 0 fully saturated rings. The molecule has 0 aliphatic rings. The van der Waals surface area contributed by atoms with Crippen LogP contribution < -0.4 is 4.74 Å². The molecular weight excluding hydrogens is 439 g/mol. The second kappa shape index (κ2) is 7.44. The van der Waals surface area contributed by atoms with Gasteiger partial charge in [-0.05, 0) is 66.2 Å². The van der Waals surface area contributed by atoms with Crippen LogP contribution in [0.15, 0.2) is 47.1 Å². The Bertz CT molecular complexity index is 1250. The van der Waals surface area contributed by atoms with E-state index >= 15 is 0 Å². The molecule has 0 aliphatic heterocycles. The maximum absolute atomic E-state index is 14.0. The molecule has 0 aliphatic carbocycles. The highest BCUT2D eigenvalue weighted by Gasteiger charge is 2.23. The number of aromatic nitrogens is 4. The zero-order valence-electron chi connectivity index (χ0n) is 16.1. The van der Waals surface area contributed by atoms with Gasteiger partial charge in [0.25, 0.3) is 0 Å². The van der Waals surface area contributed by atoms with Gasteiger partial charge in [-0.25, -0.2) is 14.2 Å². The molecule has 8 heteroatoms. The van der Waals surface area contributed by atoms with E-state index in [9.17, 15) is 9.18 Å². The maximum Gasteiger partial charge on any atom is 0.362 e. The molecule has 4 aromatic rings. The van der Waals surface area contributed by atoms with Crippen LogP contribution in [0.1, 0.15) is 23.1 Å². The van der Waals surface area contributed by atoms with E-state index in [0.717, 1.165) is 10.9 Å². The highest BCUT2D eigenvalue weighted by molar-refractivity contribution is 9.10. The van der Waals surface area contributed by atoms with Crippen molar-refractivity contribution in [2.24, 2.45) is 7.05 Å². The average Bonchev–Trinajstić information content (AvgIpc) is 3.22. The fourth-order valence-electron chi connectivity index (χ4n) is 3.34. The largest absolute Gasteiger partial charge is 0.422 e. The van der Waals surface area contributed by atoms with Gasteiger partial charge in [-0.15, -0.1) is 0 Å². The standard InChI is InChI=1S/C21H18BrFN4O2/c1-4-27-19(12(2)24-20(27)13-5-7-16(22)17(23)10-13)21(28)29-15-6-8-18-14(9-15)11-26(3)25-18/h5-11H,4H2,1-3H3. The first kappa shape index (κ1) is 19.3. The molecule has 0 bridgehead atoms. The Labute approximate surface area is 175 Å². The number of aryl methyl sites for hydroxylation is 2. The number of benzene rings is 2. The van der Waals surface area contributed by atoms with Gasteiger partial charge in [-0.2, -0.15) is 5.10 Å². The summed E-state index contributed by atoms with van der Waals surface area (Å²) in [5, 5.41) is 5.19. The van der Waals surface area contributed by atoms with Gasteiger partial charge in [-0.3, -0.25) is 4.68 Å². The molecule has 0 N–H and O–H groups in total. The molecule has 2 heterocycles. The fourth-order valence-corrected chi connectivity index (χ4v) is 3.59. The van der Waals surface area contributed by atoms with Crippen molar-refractivity contribution in [2.75, 3.05) is 0 Å². The highest BCUT2D eigenvalue weighted by Crippen LogP contribution is 2.27. The number of esters is 1. The van der Waals surface area contributed by atoms with E-state index in [1.54, 1.807) is 46.5 Å². The number of imidazole rings is 1. The molecule has 0 amide bonds. The second-order valence-electron chi connectivity index (χ2n) is 6.66. The Balaban J connectivity index is 1.70. The number of halogens is 2. The molecule has 6 nitrogen and oxygen atoms in total. The van der Waals surface area contributed by atoms with E-state index in [1.807, 2.05) is 20.2 Å². The minimum absolute atomic E-state index is 0.345. The summed E-state index contributed by atoms with van der Waals surface area (Å²) in [6, 6.07) is 10.1. The van der Waals surface area contributed by atoms with Crippen LogP contribution in [-0.4, -0.2) is 25.3 Å². The highest BCUT2D eigenvalue weighted by atomic mass is 79.9. The summed E-state index contributed by atoms with van der Waals surface area (Å²) in [6.45, 7) is 4.13. The number of hydrogen-bond donors (Lipinski definition) is 0. The minimum Gasteiger partial charge on any atom is -0.422 e. The Kier molecular flexibility index (Phi) is 4.96. The smallest absolute Gasteiger partial charge is 0.362 e. The summed E-state index contributed by atoms with van der Waals surface area (Å²) >= 11 is 3.15. The van der Waals surface area contributed by atoms with E-state index in [1.165, 1.54) is 6.07 Å². The lowest BCUT2D eigenvalue weighted by atomic mass is 10.2. The number of fused-ring (bicyclic) bond motifs is 1. The third kappa shape index (κ3) is 3.55. The molecular formula is C21H18BrFN4O2. The van der Waals surface area contributed by atoms with Gasteiger partial charge < -0.3 is 9.30 Å². The Morgan fingerprint density at radius 1 is 1.24 bits per heavy atom. The van der Waals surface area contributed by atoms with Gasteiger partial charge in [0.1, 0.15) is 17.4 Å². The first-order valence-electron chi connectivity index (χ1n) is 9.05. The molecule has 0 unspecified atom stereocenters. The number of hydrogen-bond acceptors (Lipinski definition) is 4. The molecule has 29 heavy (non-hydrogen) atoms. The van der Waals surface area contributed by atoms with Crippen LogP contribution in [-0.2, 0) is 13.6 Å². The predicted molar refractivity (Wildman–Crippen MR) is 111 cm³/mol. The summed E-state index contributed by atoms with van der Waals surface area (Å²) < 4.78 is 23.4. The molecule has 0 radical (unpaired) electrons. The summed E-state index contributed by atoms with van der Waals surface area (Å²) in [5.74, 6) is 0.0460. The first-order chi connectivity index (χ1) is 13.9. The van der Waals surface area contributed by atoms with Gasteiger partial charge in [0, 0.05) is 30.7 Å². The fraction of sp³-hybridized carbons (Fsp3) is 0.190. The van der Waals surface area contributed by atoms with Crippen LogP contribution in [0.3, 0.4) is 0 Å². The lowest BCUT2D eigenvalue weighted by Crippen LogP contribution is -2.16. The van der Waals surface area contributed by atoms with Crippen LogP contribution in [0.4, 0.5) is 4.39 Å². The summed E-state index contributed by atoms with van der Waals surface area (Å²) in [6.07, 6.45) is 1.86. The number of rotatable bonds is 4. The molecule has 4 rings (SSSR count). The van der Waals surface area contributed by atoms with Gasteiger partial charge >= 0.3 is 5.97 Å². The van der Waals surface area contributed by atoms with E-state index in [4.69, 9.17) is 4.74 Å². The third-order valence-electron chi connectivity index (χ3n) is 4.63. The van der Waals surface area contributed by atoms with Crippen molar-refractivity contribution in [1.29, 1.82) is 0 Å². The average molecular weight is 457 g/mol. The molecule has 2 aromatic carbocycles. The zero-order chi connectivity index (χ0) is 20.7. The van der Waals surface area contributed by atoms with Gasteiger partial charge in [0.15, 0.2) is 5.69 Å².